The van der Waals surface area contributed by atoms with Crippen LogP contribution in [0.25, 0.3) is 11.3 Å². The molecule has 5 heteroatoms. The summed E-state index contributed by atoms with van der Waals surface area (Å²) in [5.41, 5.74) is 5.60. The third-order valence-corrected chi connectivity index (χ3v) is 7.56. The van der Waals surface area contributed by atoms with E-state index in [9.17, 15) is 0 Å². The van der Waals surface area contributed by atoms with E-state index in [2.05, 4.69) is 64.1 Å². The van der Waals surface area contributed by atoms with Crippen molar-refractivity contribution in [1.29, 1.82) is 0 Å². The number of rotatable bonds is 5. The molecule has 3 fully saturated rings. The first-order valence-corrected chi connectivity index (χ1v) is 12.0. The van der Waals surface area contributed by atoms with E-state index < -0.39 is 0 Å². The summed E-state index contributed by atoms with van der Waals surface area (Å²) in [5.74, 6) is 0. The van der Waals surface area contributed by atoms with Crippen molar-refractivity contribution in [2.24, 2.45) is 0 Å². The fraction of sp³-hybridized carbons (Fsp3) is 0.640. The number of benzene rings is 1. The zero-order chi connectivity index (χ0) is 20.6. The van der Waals surface area contributed by atoms with Crippen molar-refractivity contribution in [3.8, 4) is 11.3 Å². The predicted molar refractivity (Wildman–Crippen MR) is 124 cm³/mol. The van der Waals surface area contributed by atoms with Crippen molar-refractivity contribution in [3.63, 3.8) is 0 Å². The number of piperidine rings is 1. The molecule has 1 aromatic carbocycles. The molecule has 0 unspecified atom stereocenters. The highest BCUT2D eigenvalue weighted by atomic mass is 15.3. The average Bonchev–Trinajstić information content (AvgIpc) is 3.51. The minimum absolute atomic E-state index is 0.380. The summed E-state index contributed by atoms with van der Waals surface area (Å²) in [4.78, 5) is 5.30. The number of hydrogen-bond donors (Lipinski definition) is 1. The molecule has 0 radical (unpaired) electrons. The highest BCUT2D eigenvalue weighted by Crippen LogP contribution is 2.39. The van der Waals surface area contributed by atoms with Crippen LogP contribution in [0.15, 0.2) is 30.5 Å². The van der Waals surface area contributed by atoms with Gasteiger partial charge < -0.3 is 10.2 Å². The van der Waals surface area contributed by atoms with Gasteiger partial charge in [-0.05, 0) is 84.1 Å². The Morgan fingerprint density at radius 2 is 1.83 bits per heavy atom. The Hall–Kier alpha value is -1.85. The van der Waals surface area contributed by atoms with Crippen LogP contribution >= 0.6 is 0 Å². The van der Waals surface area contributed by atoms with Gasteiger partial charge >= 0.3 is 0 Å². The lowest BCUT2D eigenvalue weighted by atomic mass is 9.85. The van der Waals surface area contributed by atoms with Crippen molar-refractivity contribution < 1.29 is 0 Å². The molecule has 162 valence electrons. The Kier molecular flexibility index (Phi) is 5.59. The third kappa shape index (κ3) is 3.78. The molecule has 5 nitrogen and oxygen atoms in total. The van der Waals surface area contributed by atoms with Crippen molar-refractivity contribution in [2.45, 2.75) is 70.5 Å². The maximum Gasteiger partial charge on any atom is 0.0969 e. The molecule has 0 aliphatic carbocycles. The second-order valence-electron chi connectivity index (χ2n) is 9.82. The minimum Gasteiger partial charge on any atom is -0.372 e. The standard InChI is InChI=1S/C25H37N5/c1-20(2)30-19-22(18-29-16-6-9-25(29)10-12-26-13-11-25)24(27-30)21-7-5-8-23(17-21)28-14-3-4-15-28/h5,7-8,17,19-20,26H,3-4,6,9-16,18H2,1-2H3. The zero-order valence-electron chi connectivity index (χ0n) is 18.7. The monoisotopic (exact) mass is 407 g/mol. The van der Waals surface area contributed by atoms with E-state index in [0.717, 1.165) is 19.6 Å². The largest absolute Gasteiger partial charge is 0.372 e. The van der Waals surface area contributed by atoms with Crippen LogP contribution in [-0.2, 0) is 6.54 Å². The lowest BCUT2D eigenvalue weighted by Gasteiger charge is -2.42. The quantitative estimate of drug-likeness (QED) is 0.794. The molecule has 0 saturated carbocycles. The second kappa shape index (κ2) is 8.35. The van der Waals surface area contributed by atoms with E-state index in [-0.39, 0.29) is 0 Å². The number of nitrogens with zero attached hydrogens (tertiary/aromatic N) is 4. The van der Waals surface area contributed by atoms with Crippen LogP contribution in [0.2, 0.25) is 0 Å². The van der Waals surface area contributed by atoms with Crippen molar-refractivity contribution >= 4 is 5.69 Å². The van der Waals surface area contributed by atoms with Gasteiger partial charge in [-0.2, -0.15) is 5.10 Å². The minimum atomic E-state index is 0.380. The molecule has 30 heavy (non-hydrogen) atoms. The van der Waals surface area contributed by atoms with Gasteiger partial charge in [-0.15, -0.1) is 0 Å². The summed E-state index contributed by atoms with van der Waals surface area (Å²) < 4.78 is 2.17. The number of anilines is 1. The normalized spacial score (nSPS) is 21.9. The molecule has 3 aliphatic heterocycles. The van der Waals surface area contributed by atoms with Crippen LogP contribution in [0, 0.1) is 0 Å². The second-order valence-corrected chi connectivity index (χ2v) is 9.82. The van der Waals surface area contributed by atoms with Gasteiger partial charge in [-0.3, -0.25) is 9.58 Å². The molecule has 4 heterocycles. The third-order valence-electron chi connectivity index (χ3n) is 7.56. The van der Waals surface area contributed by atoms with Crippen LogP contribution in [-0.4, -0.2) is 52.9 Å². The summed E-state index contributed by atoms with van der Waals surface area (Å²) in [6, 6.07) is 9.47. The maximum absolute atomic E-state index is 5.08. The fourth-order valence-corrected chi connectivity index (χ4v) is 5.78. The van der Waals surface area contributed by atoms with E-state index in [4.69, 9.17) is 5.10 Å². The van der Waals surface area contributed by atoms with E-state index >= 15 is 0 Å². The van der Waals surface area contributed by atoms with Gasteiger partial charge in [-0.25, -0.2) is 0 Å². The van der Waals surface area contributed by atoms with E-state index in [1.54, 1.807) is 0 Å². The molecule has 0 atom stereocenters. The topological polar surface area (TPSA) is 36.3 Å². The SMILES string of the molecule is CC(C)n1cc(CN2CCCC23CCNCC3)c(-c2cccc(N3CCCC3)c2)n1. The lowest BCUT2D eigenvalue weighted by molar-refractivity contribution is 0.0929. The molecule has 0 amide bonds. The molecule has 3 aliphatic rings. The van der Waals surface area contributed by atoms with Gasteiger partial charge in [0.2, 0.25) is 0 Å². The highest BCUT2D eigenvalue weighted by molar-refractivity contribution is 5.68. The van der Waals surface area contributed by atoms with E-state index in [1.807, 2.05) is 0 Å². The molecule has 1 spiro atoms. The number of aromatic nitrogens is 2. The lowest BCUT2D eigenvalue weighted by Crippen LogP contribution is -2.50. The fourth-order valence-electron chi connectivity index (χ4n) is 5.78. The molecule has 0 bridgehead atoms. The first-order chi connectivity index (χ1) is 14.6. The smallest absolute Gasteiger partial charge is 0.0969 e. The summed E-state index contributed by atoms with van der Waals surface area (Å²) in [6.45, 7) is 11.4. The average molecular weight is 408 g/mol. The van der Waals surface area contributed by atoms with Crippen molar-refractivity contribution in [3.05, 3.63) is 36.0 Å². The highest BCUT2D eigenvalue weighted by Gasteiger charge is 2.41. The molecular weight excluding hydrogens is 370 g/mol. The summed E-state index contributed by atoms with van der Waals surface area (Å²) in [5, 5.41) is 8.64. The Morgan fingerprint density at radius 1 is 1.03 bits per heavy atom. The Morgan fingerprint density at radius 3 is 2.60 bits per heavy atom. The van der Waals surface area contributed by atoms with Gasteiger partial charge in [0, 0.05) is 54.2 Å². The summed E-state index contributed by atoms with van der Waals surface area (Å²) in [7, 11) is 0. The molecule has 2 aromatic rings. The molecule has 1 aromatic heterocycles. The van der Waals surface area contributed by atoms with Gasteiger partial charge in [0.1, 0.15) is 0 Å². The van der Waals surface area contributed by atoms with Crippen molar-refractivity contribution in [1.82, 2.24) is 20.0 Å². The molecular formula is C25H37N5. The van der Waals surface area contributed by atoms with E-state index in [1.165, 1.54) is 80.7 Å². The van der Waals surface area contributed by atoms with Gasteiger partial charge in [0.15, 0.2) is 0 Å². The number of nitrogens with one attached hydrogen (secondary N) is 1. The first-order valence-electron chi connectivity index (χ1n) is 12.0. The van der Waals surface area contributed by atoms with Crippen LogP contribution in [0.3, 0.4) is 0 Å². The zero-order valence-corrected chi connectivity index (χ0v) is 18.7. The van der Waals surface area contributed by atoms with Crippen molar-refractivity contribution in [2.75, 3.05) is 37.6 Å². The maximum atomic E-state index is 5.08. The predicted octanol–water partition coefficient (Wildman–Crippen LogP) is 4.45. The van der Waals surface area contributed by atoms with E-state index in [0.29, 0.717) is 11.6 Å². The van der Waals surface area contributed by atoms with Gasteiger partial charge in [-0.1, -0.05) is 12.1 Å². The van der Waals surface area contributed by atoms with Crippen LogP contribution < -0.4 is 10.2 Å². The van der Waals surface area contributed by atoms with Crippen LogP contribution in [0.4, 0.5) is 5.69 Å². The number of likely N-dealkylation sites (tertiary alicyclic amines) is 1. The number of hydrogen-bond acceptors (Lipinski definition) is 4. The van der Waals surface area contributed by atoms with Crippen LogP contribution in [0.1, 0.15) is 64.0 Å². The van der Waals surface area contributed by atoms with Gasteiger partial charge in [0.25, 0.3) is 0 Å². The first kappa shape index (κ1) is 20.1. The summed E-state index contributed by atoms with van der Waals surface area (Å²) >= 11 is 0. The Labute approximate surface area is 181 Å². The van der Waals surface area contributed by atoms with Crippen LogP contribution in [0.5, 0.6) is 0 Å². The Balaban J connectivity index is 1.46. The molecule has 3 saturated heterocycles. The van der Waals surface area contributed by atoms with Gasteiger partial charge in [0.05, 0.1) is 5.69 Å². The molecule has 5 rings (SSSR count). The summed E-state index contributed by atoms with van der Waals surface area (Å²) in [6.07, 6.45) is 10.2. The molecule has 1 N–H and O–H groups in total. The Bertz CT molecular complexity index is 858.